The van der Waals surface area contributed by atoms with Crippen LogP contribution in [0, 0.1) is 5.41 Å². The highest BCUT2D eigenvalue weighted by Crippen LogP contribution is 2.56. The lowest BCUT2D eigenvalue weighted by Gasteiger charge is -2.45. The second-order valence-corrected chi connectivity index (χ2v) is 12.9. The van der Waals surface area contributed by atoms with Gasteiger partial charge in [0.25, 0.3) is 0 Å². The lowest BCUT2D eigenvalue weighted by molar-refractivity contribution is 0.143. The molecule has 7 nitrogen and oxygen atoms in total. The molecule has 3 aromatic rings. The number of nitrogens with one attached hydrogen (secondary N) is 1. The summed E-state index contributed by atoms with van der Waals surface area (Å²) in [7, 11) is 1.61. The summed E-state index contributed by atoms with van der Waals surface area (Å²) in [5.74, 6) is 1.41. The number of anilines is 1. The predicted octanol–water partition coefficient (Wildman–Crippen LogP) is 7.31. The number of carboxylic acid groups (broad SMARTS) is 1. The Morgan fingerprint density at radius 2 is 1.92 bits per heavy atom. The van der Waals surface area contributed by atoms with E-state index in [0.29, 0.717) is 21.9 Å². The number of nitrogens with zero attached hydrogens (tertiary/aromatic N) is 3. The maximum absolute atomic E-state index is 11.5. The number of methoxy groups -OCH3 is 1. The topological polar surface area (TPSA) is 87.6 Å². The van der Waals surface area contributed by atoms with Crippen molar-refractivity contribution in [2.24, 2.45) is 5.41 Å². The molecule has 2 aromatic carbocycles. The summed E-state index contributed by atoms with van der Waals surface area (Å²) >= 11 is 14.0. The molecule has 2 aliphatic rings. The summed E-state index contributed by atoms with van der Waals surface area (Å²) in [6, 6.07) is 14.1. The van der Waals surface area contributed by atoms with Crippen LogP contribution in [0.4, 0.5) is 10.7 Å². The van der Waals surface area contributed by atoms with E-state index >= 15 is 0 Å². The van der Waals surface area contributed by atoms with Crippen LogP contribution in [0.5, 0.6) is 5.88 Å². The minimum atomic E-state index is -0.986. The SMILES string of the molecule is COc1nc(N2CCC3(CC2)Cc2ccccc2[C@H]3CC(C)(C)NC(=O)O)ncc1Sc1cccc(Cl)c1Cl. The van der Waals surface area contributed by atoms with Gasteiger partial charge in [0.05, 0.1) is 28.2 Å². The van der Waals surface area contributed by atoms with E-state index in [1.54, 1.807) is 19.4 Å². The lowest BCUT2D eigenvalue weighted by Crippen LogP contribution is -2.48. The van der Waals surface area contributed by atoms with Crippen molar-refractivity contribution in [3.8, 4) is 5.88 Å². The van der Waals surface area contributed by atoms with Crippen molar-refractivity contribution in [1.29, 1.82) is 0 Å². The third kappa shape index (κ3) is 5.79. The van der Waals surface area contributed by atoms with Gasteiger partial charge in [-0.05, 0) is 74.1 Å². The van der Waals surface area contributed by atoms with Crippen LogP contribution in [-0.4, -0.2) is 46.9 Å². The first-order valence-corrected chi connectivity index (χ1v) is 14.5. The highest BCUT2D eigenvalue weighted by molar-refractivity contribution is 7.99. The van der Waals surface area contributed by atoms with Crippen LogP contribution in [0.3, 0.4) is 0 Å². The van der Waals surface area contributed by atoms with Crippen molar-refractivity contribution < 1.29 is 14.6 Å². The van der Waals surface area contributed by atoms with Gasteiger partial charge in [-0.2, -0.15) is 4.98 Å². The maximum atomic E-state index is 11.5. The van der Waals surface area contributed by atoms with Gasteiger partial charge in [0.15, 0.2) is 0 Å². The van der Waals surface area contributed by atoms with Crippen molar-refractivity contribution in [1.82, 2.24) is 15.3 Å². The zero-order chi connectivity index (χ0) is 27.8. The second kappa shape index (κ2) is 11.1. The first-order chi connectivity index (χ1) is 18.6. The molecule has 39 heavy (non-hydrogen) atoms. The van der Waals surface area contributed by atoms with Crippen LogP contribution in [0.1, 0.15) is 50.2 Å². The number of hydrogen-bond acceptors (Lipinski definition) is 6. The summed E-state index contributed by atoms with van der Waals surface area (Å²) < 4.78 is 5.63. The van der Waals surface area contributed by atoms with E-state index in [4.69, 9.17) is 32.9 Å². The summed E-state index contributed by atoms with van der Waals surface area (Å²) in [5, 5.41) is 13.1. The fourth-order valence-electron chi connectivity index (χ4n) is 6.12. The number of aromatic nitrogens is 2. The van der Waals surface area contributed by atoms with E-state index in [-0.39, 0.29) is 11.3 Å². The first kappa shape index (κ1) is 27.9. The molecular formula is C29H32Cl2N4O3S. The molecule has 2 heterocycles. The van der Waals surface area contributed by atoms with Gasteiger partial charge < -0.3 is 20.1 Å². The van der Waals surface area contributed by atoms with Crippen LogP contribution in [0.2, 0.25) is 10.0 Å². The Kier molecular flexibility index (Phi) is 7.91. The molecule has 1 fully saturated rings. The second-order valence-electron chi connectivity index (χ2n) is 11.0. The van der Waals surface area contributed by atoms with Gasteiger partial charge in [-0.3, -0.25) is 0 Å². The van der Waals surface area contributed by atoms with Crippen LogP contribution in [-0.2, 0) is 6.42 Å². The molecule has 0 radical (unpaired) electrons. The molecule has 206 valence electrons. The molecule has 0 unspecified atom stereocenters. The summed E-state index contributed by atoms with van der Waals surface area (Å²) in [4.78, 5) is 24.7. The highest BCUT2D eigenvalue weighted by Gasteiger charge is 2.49. The third-order valence-corrected chi connectivity index (χ3v) is 9.94. The Balaban J connectivity index is 1.34. The average Bonchev–Trinajstić information content (AvgIpc) is 3.18. The van der Waals surface area contributed by atoms with Crippen molar-refractivity contribution in [2.75, 3.05) is 25.1 Å². The molecule has 1 spiro atoms. The van der Waals surface area contributed by atoms with Gasteiger partial charge in [0.2, 0.25) is 11.8 Å². The highest BCUT2D eigenvalue weighted by atomic mass is 35.5. The summed E-state index contributed by atoms with van der Waals surface area (Å²) in [6.45, 7) is 5.57. The Morgan fingerprint density at radius 1 is 1.18 bits per heavy atom. The standard InChI is InChI=1S/C29H32Cl2N4O3S/c1-28(2,34-27(36)37)16-20-19-8-5-4-7-18(19)15-29(20)11-13-35(14-12-29)26-32-17-23(25(33-26)38-3)39-22-10-6-9-21(30)24(22)31/h4-10,17,20,34H,11-16H2,1-3H3,(H,36,37)/t20-/m1/s1. The molecule has 10 heteroatoms. The van der Waals surface area contributed by atoms with Crippen LogP contribution in [0.15, 0.2) is 58.5 Å². The Labute approximate surface area is 243 Å². The van der Waals surface area contributed by atoms with Crippen LogP contribution >= 0.6 is 35.0 Å². The van der Waals surface area contributed by atoms with Crippen LogP contribution < -0.4 is 15.0 Å². The largest absolute Gasteiger partial charge is 0.480 e. The fourth-order valence-corrected chi connectivity index (χ4v) is 7.50. The molecule has 0 bridgehead atoms. The predicted molar refractivity (Wildman–Crippen MR) is 156 cm³/mol. The molecular weight excluding hydrogens is 555 g/mol. The van der Waals surface area contributed by atoms with E-state index in [2.05, 4.69) is 39.5 Å². The third-order valence-electron chi connectivity index (χ3n) is 7.95. The van der Waals surface area contributed by atoms with Gasteiger partial charge in [-0.15, -0.1) is 0 Å². The number of hydrogen-bond donors (Lipinski definition) is 2. The molecule has 1 amide bonds. The monoisotopic (exact) mass is 586 g/mol. The minimum Gasteiger partial charge on any atom is -0.480 e. The van der Waals surface area contributed by atoms with Gasteiger partial charge in [-0.25, -0.2) is 9.78 Å². The normalized spacial score (nSPS) is 18.2. The van der Waals surface area contributed by atoms with E-state index in [9.17, 15) is 9.90 Å². The van der Waals surface area contributed by atoms with E-state index in [1.807, 2.05) is 26.0 Å². The lowest BCUT2D eigenvalue weighted by atomic mass is 9.66. The summed E-state index contributed by atoms with van der Waals surface area (Å²) in [6.07, 6.45) is 4.48. The molecule has 1 saturated heterocycles. The van der Waals surface area contributed by atoms with E-state index < -0.39 is 11.6 Å². The number of amides is 1. The van der Waals surface area contributed by atoms with Crippen molar-refractivity contribution >= 4 is 47.0 Å². The number of halogens is 2. The Morgan fingerprint density at radius 3 is 2.64 bits per heavy atom. The average molecular weight is 588 g/mol. The number of piperidine rings is 1. The van der Waals surface area contributed by atoms with Gasteiger partial charge in [0.1, 0.15) is 0 Å². The van der Waals surface area contributed by atoms with E-state index in [0.717, 1.165) is 48.6 Å². The Hall–Kier alpha value is -2.68. The van der Waals surface area contributed by atoms with Gasteiger partial charge in [-0.1, -0.05) is 65.3 Å². The maximum Gasteiger partial charge on any atom is 0.405 e. The molecule has 1 aliphatic carbocycles. The Bertz CT molecular complexity index is 1380. The molecule has 1 aromatic heterocycles. The summed E-state index contributed by atoms with van der Waals surface area (Å²) in [5.41, 5.74) is 2.26. The zero-order valence-corrected chi connectivity index (χ0v) is 24.5. The van der Waals surface area contributed by atoms with Crippen molar-refractivity contribution in [3.63, 3.8) is 0 Å². The fraction of sp³-hybridized carbons (Fsp3) is 0.414. The molecule has 0 saturated carbocycles. The molecule has 1 aliphatic heterocycles. The smallest absolute Gasteiger partial charge is 0.405 e. The zero-order valence-electron chi connectivity index (χ0n) is 22.2. The van der Waals surface area contributed by atoms with Gasteiger partial charge in [0, 0.05) is 23.5 Å². The molecule has 2 N–H and O–H groups in total. The number of rotatable bonds is 7. The van der Waals surface area contributed by atoms with Crippen LogP contribution in [0.25, 0.3) is 0 Å². The van der Waals surface area contributed by atoms with Gasteiger partial charge >= 0.3 is 6.09 Å². The minimum absolute atomic E-state index is 0.0703. The van der Waals surface area contributed by atoms with E-state index in [1.165, 1.54) is 22.9 Å². The van der Waals surface area contributed by atoms with Crippen molar-refractivity contribution in [2.45, 2.75) is 60.8 Å². The number of carbonyl (C=O) groups is 1. The first-order valence-electron chi connectivity index (χ1n) is 13.0. The van der Waals surface area contributed by atoms with Crippen molar-refractivity contribution in [3.05, 3.63) is 69.8 Å². The molecule has 5 rings (SSSR count). The molecule has 1 atom stereocenters. The number of fused-ring (bicyclic) bond motifs is 1. The quantitative estimate of drug-likeness (QED) is 0.300. The number of benzene rings is 2. The number of ether oxygens (including phenoxy) is 1.